The fourth-order valence-electron chi connectivity index (χ4n) is 1.30. The van der Waals surface area contributed by atoms with Gasteiger partial charge in [0.1, 0.15) is 11.9 Å². The van der Waals surface area contributed by atoms with E-state index >= 15 is 0 Å². The molecule has 3 heteroatoms. The second-order valence-electron chi connectivity index (χ2n) is 3.18. The molecule has 0 aliphatic carbocycles. The van der Waals surface area contributed by atoms with E-state index in [2.05, 4.69) is 17.2 Å². The highest BCUT2D eigenvalue weighted by Crippen LogP contribution is 2.08. The van der Waals surface area contributed by atoms with Crippen LogP contribution in [-0.2, 0) is 4.79 Å². The van der Waals surface area contributed by atoms with E-state index in [0.29, 0.717) is 5.71 Å². The van der Waals surface area contributed by atoms with Crippen LogP contribution in [0.1, 0.15) is 27.2 Å². The van der Waals surface area contributed by atoms with Crippen molar-refractivity contribution >= 4 is 11.6 Å². The number of hydrogen-bond acceptors (Lipinski definition) is 2. The Bertz CT molecular complexity index is 313. The minimum atomic E-state index is -0.0949. The third-order valence-corrected chi connectivity index (χ3v) is 2.00. The molecule has 0 aromatic carbocycles. The summed E-state index contributed by atoms with van der Waals surface area (Å²) in [5.74, 6) is -0.0775. The van der Waals surface area contributed by atoms with Gasteiger partial charge in [-0.3, -0.25) is 9.79 Å². The van der Waals surface area contributed by atoms with Crippen LogP contribution in [0, 0.1) is 0 Å². The van der Waals surface area contributed by atoms with Gasteiger partial charge in [-0.15, -0.1) is 0 Å². The highest BCUT2D eigenvalue weighted by Gasteiger charge is 2.22. The fraction of sp³-hybridized carbons (Fsp3) is 0.455. The number of nitrogens with zero attached hydrogens (tertiary/aromatic N) is 1. The third kappa shape index (κ3) is 2.31. The van der Waals surface area contributed by atoms with Crippen LogP contribution in [0.5, 0.6) is 0 Å². The van der Waals surface area contributed by atoms with Crippen molar-refractivity contribution in [1.82, 2.24) is 5.32 Å². The fourth-order valence-corrected chi connectivity index (χ4v) is 1.30. The maximum atomic E-state index is 11.4. The Kier molecular flexibility index (Phi) is 3.63. The number of rotatable bonds is 3. The molecular weight excluding hydrogens is 176 g/mol. The zero-order valence-corrected chi connectivity index (χ0v) is 8.87. The number of amides is 1. The Hall–Kier alpha value is -1.38. The standard InChI is InChI=1S/C11H16N2O/c1-4-6-7-9(5-2)10-11(14)13-8(3)12-10/h5-8H,4H2,1-3H3,(H,13,14)/b7-6-,9-5+/t8-/m1/s1. The van der Waals surface area contributed by atoms with Gasteiger partial charge < -0.3 is 5.32 Å². The summed E-state index contributed by atoms with van der Waals surface area (Å²) in [6, 6.07) is 0. The predicted molar refractivity (Wildman–Crippen MR) is 58.2 cm³/mol. The normalized spacial score (nSPS) is 22.8. The van der Waals surface area contributed by atoms with Gasteiger partial charge in [-0.25, -0.2) is 0 Å². The summed E-state index contributed by atoms with van der Waals surface area (Å²) in [6.45, 7) is 5.83. The Morgan fingerprint density at radius 3 is 2.79 bits per heavy atom. The molecule has 3 nitrogen and oxygen atoms in total. The number of carbonyl (C=O) groups is 1. The van der Waals surface area contributed by atoms with Crippen molar-refractivity contribution in [3.8, 4) is 0 Å². The molecule has 1 heterocycles. The first-order chi connectivity index (χ1) is 6.69. The van der Waals surface area contributed by atoms with Crippen LogP contribution in [-0.4, -0.2) is 17.8 Å². The average Bonchev–Trinajstić information content (AvgIpc) is 2.47. The molecule has 0 saturated heterocycles. The molecule has 1 N–H and O–H groups in total. The van der Waals surface area contributed by atoms with Crippen molar-refractivity contribution in [2.45, 2.75) is 33.4 Å². The molecule has 0 spiro atoms. The molecule has 1 aliphatic heterocycles. The second-order valence-corrected chi connectivity index (χ2v) is 3.18. The largest absolute Gasteiger partial charge is 0.329 e. The lowest BCUT2D eigenvalue weighted by Gasteiger charge is -1.97. The molecule has 1 aliphatic rings. The van der Waals surface area contributed by atoms with E-state index in [9.17, 15) is 4.79 Å². The van der Waals surface area contributed by atoms with Gasteiger partial charge >= 0.3 is 0 Å². The summed E-state index contributed by atoms with van der Waals surface area (Å²) in [4.78, 5) is 15.7. The number of nitrogens with one attached hydrogen (secondary N) is 1. The van der Waals surface area contributed by atoms with Crippen molar-refractivity contribution in [2.75, 3.05) is 0 Å². The Morgan fingerprint density at radius 2 is 2.36 bits per heavy atom. The van der Waals surface area contributed by atoms with Crippen molar-refractivity contribution in [2.24, 2.45) is 4.99 Å². The quantitative estimate of drug-likeness (QED) is 0.681. The molecule has 0 aromatic rings. The lowest BCUT2D eigenvalue weighted by atomic mass is 10.1. The summed E-state index contributed by atoms with van der Waals surface area (Å²) in [5, 5.41) is 2.74. The van der Waals surface area contributed by atoms with Gasteiger partial charge in [0.05, 0.1) is 0 Å². The van der Waals surface area contributed by atoms with Gasteiger partial charge in [-0.2, -0.15) is 0 Å². The predicted octanol–water partition coefficient (Wildman–Crippen LogP) is 1.82. The zero-order chi connectivity index (χ0) is 10.6. The van der Waals surface area contributed by atoms with Crippen LogP contribution in [0.15, 0.2) is 28.8 Å². The van der Waals surface area contributed by atoms with Gasteiger partial charge in [-0.1, -0.05) is 25.2 Å². The van der Waals surface area contributed by atoms with Crippen LogP contribution < -0.4 is 5.32 Å². The molecule has 0 aromatic heterocycles. The van der Waals surface area contributed by atoms with Gasteiger partial charge in [0.2, 0.25) is 0 Å². The smallest absolute Gasteiger partial charge is 0.271 e. The van der Waals surface area contributed by atoms with E-state index in [0.717, 1.165) is 12.0 Å². The SMILES string of the molecule is C/C=C(\C=C/CC)C1=N[C@@H](C)NC1=O. The molecule has 1 rings (SSSR count). The van der Waals surface area contributed by atoms with E-state index in [1.165, 1.54) is 0 Å². The minimum absolute atomic E-state index is 0.0775. The van der Waals surface area contributed by atoms with Crippen LogP contribution >= 0.6 is 0 Å². The molecule has 0 saturated carbocycles. The molecule has 0 radical (unpaired) electrons. The van der Waals surface area contributed by atoms with Crippen LogP contribution in [0.3, 0.4) is 0 Å². The molecule has 0 unspecified atom stereocenters. The summed E-state index contributed by atoms with van der Waals surface area (Å²) >= 11 is 0. The van der Waals surface area contributed by atoms with Gasteiger partial charge in [0.15, 0.2) is 0 Å². The number of hydrogen-bond donors (Lipinski definition) is 1. The molecule has 1 amide bonds. The molecule has 0 fully saturated rings. The summed E-state index contributed by atoms with van der Waals surface area (Å²) < 4.78 is 0. The Labute approximate surface area is 84.6 Å². The van der Waals surface area contributed by atoms with E-state index in [1.807, 2.05) is 32.1 Å². The summed E-state index contributed by atoms with van der Waals surface area (Å²) in [5.41, 5.74) is 1.44. The topological polar surface area (TPSA) is 41.5 Å². The zero-order valence-electron chi connectivity index (χ0n) is 8.87. The molecular formula is C11H16N2O. The number of aliphatic imine (C=N–C) groups is 1. The summed E-state index contributed by atoms with van der Waals surface area (Å²) in [6.07, 6.45) is 6.73. The Morgan fingerprint density at radius 1 is 1.64 bits per heavy atom. The number of allylic oxidation sites excluding steroid dienone is 3. The Balaban J connectivity index is 2.86. The van der Waals surface area contributed by atoms with E-state index < -0.39 is 0 Å². The van der Waals surface area contributed by atoms with E-state index in [1.54, 1.807) is 0 Å². The average molecular weight is 192 g/mol. The highest BCUT2D eigenvalue weighted by atomic mass is 16.2. The van der Waals surface area contributed by atoms with Crippen molar-refractivity contribution in [3.05, 3.63) is 23.8 Å². The van der Waals surface area contributed by atoms with Crippen molar-refractivity contribution in [1.29, 1.82) is 0 Å². The lowest BCUT2D eigenvalue weighted by molar-refractivity contribution is -0.114. The maximum Gasteiger partial charge on any atom is 0.271 e. The highest BCUT2D eigenvalue weighted by molar-refractivity contribution is 6.47. The number of carbonyl (C=O) groups excluding carboxylic acids is 1. The second kappa shape index (κ2) is 4.74. The van der Waals surface area contributed by atoms with E-state index in [4.69, 9.17) is 0 Å². The van der Waals surface area contributed by atoms with E-state index in [-0.39, 0.29) is 12.1 Å². The van der Waals surface area contributed by atoms with Gasteiger partial charge in [-0.05, 0) is 20.3 Å². The molecule has 0 bridgehead atoms. The molecule has 14 heavy (non-hydrogen) atoms. The van der Waals surface area contributed by atoms with Gasteiger partial charge in [0.25, 0.3) is 5.91 Å². The van der Waals surface area contributed by atoms with Crippen molar-refractivity contribution in [3.63, 3.8) is 0 Å². The third-order valence-electron chi connectivity index (χ3n) is 2.00. The van der Waals surface area contributed by atoms with Crippen molar-refractivity contribution < 1.29 is 4.79 Å². The van der Waals surface area contributed by atoms with Gasteiger partial charge in [0, 0.05) is 5.57 Å². The first-order valence-electron chi connectivity index (χ1n) is 4.91. The first-order valence-corrected chi connectivity index (χ1v) is 4.91. The first kappa shape index (κ1) is 10.7. The monoisotopic (exact) mass is 192 g/mol. The molecule has 76 valence electrons. The summed E-state index contributed by atoms with van der Waals surface area (Å²) in [7, 11) is 0. The molecule has 1 atom stereocenters. The van der Waals surface area contributed by atoms with Crippen LogP contribution in [0.25, 0.3) is 0 Å². The minimum Gasteiger partial charge on any atom is -0.329 e. The lowest BCUT2D eigenvalue weighted by Crippen LogP contribution is -2.27. The maximum absolute atomic E-state index is 11.4. The van der Waals surface area contributed by atoms with Crippen LogP contribution in [0.4, 0.5) is 0 Å². The van der Waals surface area contributed by atoms with Crippen LogP contribution in [0.2, 0.25) is 0 Å².